The zero-order chi connectivity index (χ0) is 24.4. The third-order valence-corrected chi connectivity index (χ3v) is 5.70. The standard InChI is InChI=1S/C26H23N3O5/c1-15-6-5-7-16(2)22(15)28-24(32)23(17-10-12-18(30)13-11-17)27-21(31)14-29-25(33)19-8-3-4-9-20(19)26(29)34/h3-13,23,30H,14H2,1-2H3,(H,27,31)(H,28,32)/t23-/m1/s1. The Bertz CT molecular complexity index is 1240. The van der Waals surface area contributed by atoms with Gasteiger partial charge in [0, 0.05) is 5.69 Å². The van der Waals surface area contributed by atoms with E-state index >= 15 is 0 Å². The number of carbonyl (C=O) groups is 4. The SMILES string of the molecule is Cc1cccc(C)c1NC(=O)[C@H](NC(=O)CN1C(=O)c2ccccc2C1=O)c1ccc(O)cc1. The van der Waals surface area contributed by atoms with Crippen molar-refractivity contribution in [3.8, 4) is 5.75 Å². The van der Waals surface area contributed by atoms with Crippen LogP contribution in [-0.4, -0.2) is 40.2 Å². The molecule has 3 N–H and O–H groups in total. The first-order valence-corrected chi connectivity index (χ1v) is 10.7. The number of aromatic hydroxyl groups is 1. The topological polar surface area (TPSA) is 116 Å². The molecular weight excluding hydrogens is 434 g/mol. The molecule has 0 aromatic heterocycles. The smallest absolute Gasteiger partial charge is 0.262 e. The molecule has 3 aromatic carbocycles. The van der Waals surface area contributed by atoms with Gasteiger partial charge < -0.3 is 15.7 Å². The zero-order valence-electron chi connectivity index (χ0n) is 18.7. The highest BCUT2D eigenvalue weighted by molar-refractivity contribution is 6.22. The summed E-state index contributed by atoms with van der Waals surface area (Å²) < 4.78 is 0. The first kappa shape index (κ1) is 22.7. The molecular formula is C26H23N3O5. The maximum atomic E-state index is 13.2. The van der Waals surface area contributed by atoms with Crippen LogP contribution in [0.5, 0.6) is 5.75 Å². The van der Waals surface area contributed by atoms with Gasteiger partial charge in [-0.2, -0.15) is 0 Å². The summed E-state index contributed by atoms with van der Waals surface area (Å²) >= 11 is 0. The van der Waals surface area contributed by atoms with Crippen molar-refractivity contribution >= 4 is 29.3 Å². The number of amides is 4. The highest BCUT2D eigenvalue weighted by Gasteiger charge is 2.37. The van der Waals surface area contributed by atoms with Crippen LogP contribution in [0.2, 0.25) is 0 Å². The van der Waals surface area contributed by atoms with E-state index in [4.69, 9.17) is 0 Å². The number of hydrogen-bond donors (Lipinski definition) is 3. The minimum atomic E-state index is -1.12. The molecule has 1 aliphatic heterocycles. The maximum absolute atomic E-state index is 13.2. The molecule has 8 heteroatoms. The summed E-state index contributed by atoms with van der Waals surface area (Å²) in [6, 6.07) is 16.7. The lowest BCUT2D eigenvalue weighted by Crippen LogP contribution is -2.44. The summed E-state index contributed by atoms with van der Waals surface area (Å²) in [6.45, 7) is 3.19. The van der Waals surface area contributed by atoms with Crippen LogP contribution in [0.25, 0.3) is 0 Å². The van der Waals surface area contributed by atoms with Crippen LogP contribution < -0.4 is 10.6 Å². The molecule has 0 spiro atoms. The van der Waals surface area contributed by atoms with Gasteiger partial charge in [0.05, 0.1) is 11.1 Å². The Morgan fingerprint density at radius 1 is 0.853 bits per heavy atom. The van der Waals surface area contributed by atoms with Crippen LogP contribution in [0.15, 0.2) is 66.7 Å². The summed E-state index contributed by atoms with van der Waals surface area (Å²) in [6.07, 6.45) is 0. The fraction of sp³-hybridized carbons (Fsp3) is 0.154. The van der Waals surface area contributed by atoms with Crippen molar-refractivity contribution in [1.29, 1.82) is 0 Å². The van der Waals surface area contributed by atoms with E-state index in [-0.39, 0.29) is 16.9 Å². The lowest BCUT2D eigenvalue weighted by Gasteiger charge is -2.22. The predicted molar refractivity (Wildman–Crippen MR) is 125 cm³/mol. The molecule has 1 aliphatic rings. The second kappa shape index (κ2) is 9.19. The molecule has 0 bridgehead atoms. The van der Waals surface area contributed by atoms with Crippen molar-refractivity contribution in [2.75, 3.05) is 11.9 Å². The number of nitrogens with one attached hydrogen (secondary N) is 2. The van der Waals surface area contributed by atoms with Gasteiger partial charge in [0.15, 0.2) is 0 Å². The van der Waals surface area contributed by atoms with E-state index in [2.05, 4.69) is 10.6 Å². The molecule has 4 amide bonds. The van der Waals surface area contributed by atoms with Gasteiger partial charge in [-0.25, -0.2) is 0 Å². The summed E-state index contributed by atoms with van der Waals surface area (Å²) in [5.74, 6) is -2.29. The first-order chi connectivity index (χ1) is 16.3. The van der Waals surface area contributed by atoms with Crippen LogP contribution in [0.1, 0.15) is 43.4 Å². The fourth-order valence-electron chi connectivity index (χ4n) is 3.91. The number of carbonyl (C=O) groups excluding carboxylic acids is 4. The normalized spacial score (nSPS) is 13.4. The van der Waals surface area contributed by atoms with E-state index < -0.39 is 36.2 Å². The quantitative estimate of drug-likeness (QED) is 0.492. The monoisotopic (exact) mass is 457 g/mol. The second-order valence-electron chi connectivity index (χ2n) is 8.09. The number of benzene rings is 3. The summed E-state index contributed by atoms with van der Waals surface area (Å²) in [4.78, 5) is 52.2. The van der Waals surface area contributed by atoms with Crippen molar-refractivity contribution < 1.29 is 24.3 Å². The molecule has 0 aliphatic carbocycles. The number of aryl methyl sites for hydroxylation is 2. The Balaban J connectivity index is 1.56. The van der Waals surface area contributed by atoms with Gasteiger partial charge in [-0.15, -0.1) is 0 Å². The number of para-hydroxylation sites is 1. The van der Waals surface area contributed by atoms with Crippen molar-refractivity contribution in [3.63, 3.8) is 0 Å². The average molecular weight is 457 g/mol. The van der Waals surface area contributed by atoms with Crippen LogP contribution in [-0.2, 0) is 9.59 Å². The number of imide groups is 1. The lowest BCUT2D eigenvalue weighted by atomic mass is 10.0. The van der Waals surface area contributed by atoms with Crippen molar-refractivity contribution in [1.82, 2.24) is 10.2 Å². The number of nitrogens with zero attached hydrogens (tertiary/aromatic N) is 1. The Hall–Kier alpha value is -4.46. The molecule has 1 atom stereocenters. The van der Waals surface area contributed by atoms with E-state index in [9.17, 15) is 24.3 Å². The van der Waals surface area contributed by atoms with E-state index in [1.165, 1.54) is 36.4 Å². The largest absolute Gasteiger partial charge is 0.508 e. The second-order valence-corrected chi connectivity index (χ2v) is 8.09. The van der Waals surface area contributed by atoms with E-state index in [1.807, 2.05) is 32.0 Å². The van der Waals surface area contributed by atoms with E-state index in [1.54, 1.807) is 12.1 Å². The van der Waals surface area contributed by atoms with Gasteiger partial charge in [0.2, 0.25) is 5.91 Å². The van der Waals surface area contributed by atoms with Gasteiger partial charge in [0.25, 0.3) is 17.7 Å². The molecule has 34 heavy (non-hydrogen) atoms. The van der Waals surface area contributed by atoms with Crippen LogP contribution in [0.3, 0.4) is 0 Å². The highest BCUT2D eigenvalue weighted by atomic mass is 16.3. The average Bonchev–Trinajstić information content (AvgIpc) is 3.05. The Morgan fingerprint density at radius 3 is 1.97 bits per heavy atom. The minimum absolute atomic E-state index is 0.00927. The third-order valence-electron chi connectivity index (χ3n) is 5.70. The molecule has 0 unspecified atom stereocenters. The maximum Gasteiger partial charge on any atom is 0.262 e. The number of hydrogen-bond acceptors (Lipinski definition) is 5. The third kappa shape index (κ3) is 4.38. The Kier molecular flexibility index (Phi) is 6.14. The van der Waals surface area contributed by atoms with Crippen molar-refractivity contribution in [3.05, 3.63) is 94.5 Å². The molecule has 0 saturated carbocycles. The molecule has 8 nitrogen and oxygen atoms in total. The lowest BCUT2D eigenvalue weighted by molar-refractivity contribution is -0.126. The number of fused-ring (bicyclic) bond motifs is 1. The van der Waals surface area contributed by atoms with Gasteiger partial charge in [0.1, 0.15) is 18.3 Å². The van der Waals surface area contributed by atoms with Gasteiger partial charge in [-0.3, -0.25) is 24.1 Å². The minimum Gasteiger partial charge on any atom is -0.508 e. The van der Waals surface area contributed by atoms with Crippen LogP contribution in [0.4, 0.5) is 5.69 Å². The number of rotatable bonds is 6. The molecule has 0 radical (unpaired) electrons. The van der Waals surface area contributed by atoms with Gasteiger partial charge in [-0.05, 0) is 54.8 Å². The molecule has 3 aromatic rings. The number of anilines is 1. The zero-order valence-corrected chi connectivity index (χ0v) is 18.7. The van der Waals surface area contributed by atoms with Crippen LogP contribution >= 0.6 is 0 Å². The first-order valence-electron chi connectivity index (χ1n) is 10.7. The van der Waals surface area contributed by atoms with E-state index in [0.29, 0.717) is 11.3 Å². The summed E-state index contributed by atoms with van der Waals surface area (Å²) in [5, 5.41) is 15.1. The Labute approximate surface area is 196 Å². The molecule has 1 heterocycles. The summed E-state index contributed by atoms with van der Waals surface area (Å²) in [7, 11) is 0. The number of phenols is 1. The van der Waals surface area contributed by atoms with Crippen molar-refractivity contribution in [2.45, 2.75) is 19.9 Å². The Morgan fingerprint density at radius 2 is 1.41 bits per heavy atom. The predicted octanol–water partition coefficient (Wildman–Crippen LogP) is 3.10. The molecule has 0 fully saturated rings. The van der Waals surface area contributed by atoms with Gasteiger partial charge in [-0.1, -0.05) is 42.5 Å². The highest BCUT2D eigenvalue weighted by Crippen LogP contribution is 2.25. The molecule has 4 rings (SSSR count). The van der Waals surface area contributed by atoms with Gasteiger partial charge >= 0.3 is 0 Å². The van der Waals surface area contributed by atoms with Crippen LogP contribution in [0, 0.1) is 13.8 Å². The van der Waals surface area contributed by atoms with Crippen molar-refractivity contribution in [2.24, 2.45) is 0 Å². The number of phenolic OH excluding ortho intramolecular Hbond substituents is 1. The summed E-state index contributed by atoms with van der Waals surface area (Å²) in [5.41, 5.74) is 3.25. The molecule has 0 saturated heterocycles. The fourth-order valence-corrected chi connectivity index (χ4v) is 3.91. The van der Waals surface area contributed by atoms with E-state index in [0.717, 1.165) is 16.0 Å². The molecule has 172 valence electrons.